The standard InChI is InChI=1S/C16H19NO2/c1-3-12-9-14(17)16(15(10-12)18-2)19-11-13-7-5-4-6-8-13/h4-10H,3,11,17H2,1-2H3. The number of nitrogen functional groups attached to an aromatic ring is 1. The molecule has 2 aromatic rings. The maximum absolute atomic E-state index is 6.03. The minimum absolute atomic E-state index is 0.479. The molecule has 19 heavy (non-hydrogen) atoms. The third-order valence-electron chi connectivity index (χ3n) is 3.00. The minimum atomic E-state index is 0.479. The van der Waals surface area contributed by atoms with Gasteiger partial charge in [-0.3, -0.25) is 0 Å². The zero-order valence-electron chi connectivity index (χ0n) is 11.3. The second kappa shape index (κ2) is 6.14. The summed E-state index contributed by atoms with van der Waals surface area (Å²) < 4.78 is 11.1. The summed E-state index contributed by atoms with van der Waals surface area (Å²) in [7, 11) is 1.63. The highest BCUT2D eigenvalue weighted by molar-refractivity contribution is 5.62. The molecule has 2 N–H and O–H groups in total. The number of hydrogen-bond acceptors (Lipinski definition) is 3. The highest BCUT2D eigenvalue weighted by Crippen LogP contribution is 2.35. The van der Waals surface area contributed by atoms with Crippen molar-refractivity contribution in [2.75, 3.05) is 12.8 Å². The molecule has 0 radical (unpaired) electrons. The lowest BCUT2D eigenvalue weighted by atomic mass is 10.1. The quantitative estimate of drug-likeness (QED) is 0.835. The van der Waals surface area contributed by atoms with E-state index in [0.29, 0.717) is 23.8 Å². The van der Waals surface area contributed by atoms with E-state index >= 15 is 0 Å². The van der Waals surface area contributed by atoms with Gasteiger partial charge in [-0.25, -0.2) is 0 Å². The van der Waals surface area contributed by atoms with Gasteiger partial charge < -0.3 is 15.2 Å². The molecule has 0 atom stereocenters. The first-order valence-electron chi connectivity index (χ1n) is 6.37. The van der Waals surface area contributed by atoms with Crippen LogP contribution >= 0.6 is 0 Å². The molecule has 0 aromatic heterocycles. The van der Waals surface area contributed by atoms with E-state index < -0.39 is 0 Å². The summed E-state index contributed by atoms with van der Waals surface area (Å²) in [6, 6.07) is 13.9. The first-order chi connectivity index (χ1) is 9.24. The van der Waals surface area contributed by atoms with Crippen LogP contribution in [0.1, 0.15) is 18.1 Å². The van der Waals surface area contributed by atoms with Crippen LogP contribution in [-0.2, 0) is 13.0 Å². The van der Waals surface area contributed by atoms with Crippen molar-refractivity contribution in [1.82, 2.24) is 0 Å². The predicted octanol–water partition coefficient (Wildman–Crippen LogP) is 3.42. The topological polar surface area (TPSA) is 44.5 Å². The SMILES string of the molecule is CCc1cc(N)c(OCc2ccccc2)c(OC)c1. The van der Waals surface area contributed by atoms with E-state index in [2.05, 4.69) is 6.92 Å². The maximum atomic E-state index is 6.03. The summed E-state index contributed by atoms with van der Waals surface area (Å²) in [6.45, 7) is 2.56. The van der Waals surface area contributed by atoms with E-state index in [1.807, 2.05) is 42.5 Å². The molecule has 0 aliphatic carbocycles. The van der Waals surface area contributed by atoms with Gasteiger partial charge in [0.2, 0.25) is 0 Å². The molecule has 0 amide bonds. The van der Waals surface area contributed by atoms with Crippen molar-refractivity contribution in [1.29, 1.82) is 0 Å². The van der Waals surface area contributed by atoms with E-state index in [4.69, 9.17) is 15.2 Å². The average molecular weight is 257 g/mol. The Balaban J connectivity index is 2.20. The van der Waals surface area contributed by atoms with Crippen LogP contribution in [-0.4, -0.2) is 7.11 Å². The van der Waals surface area contributed by atoms with Crippen LogP contribution in [0.25, 0.3) is 0 Å². The fourth-order valence-electron chi connectivity index (χ4n) is 1.92. The molecule has 0 heterocycles. The molecular weight excluding hydrogens is 238 g/mol. The normalized spacial score (nSPS) is 10.2. The molecule has 3 nitrogen and oxygen atoms in total. The van der Waals surface area contributed by atoms with E-state index in [1.54, 1.807) is 7.11 Å². The Morgan fingerprint density at radius 3 is 2.42 bits per heavy atom. The molecular formula is C16H19NO2. The first kappa shape index (κ1) is 13.3. The van der Waals surface area contributed by atoms with Gasteiger partial charge in [-0.1, -0.05) is 37.3 Å². The highest BCUT2D eigenvalue weighted by atomic mass is 16.5. The average Bonchev–Trinajstić information content (AvgIpc) is 2.46. The Morgan fingerprint density at radius 1 is 1.05 bits per heavy atom. The molecule has 2 rings (SSSR count). The Labute approximate surface area is 114 Å². The van der Waals surface area contributed by atoms with Crippen LogP contribution in [0.5, 0.6) is 11.5 Å². The zero-order chi connectivity index (χ0) is 13.7. The summed E-state index contributed by atoms with van der Waals surface area (Å²) in [6.07, 6.45) is 0.916. The van der Waals surface area contributed by atoms with Gasteiger partial charge in [-0.2, -0.15) is 0 Å². The number of rotatable bonds is 5. The summed E-state index contributed by atoms with van der Waals surface area (Å²) in [4.78, 5) is 0. The number of hydrogen-bond donors (Lipinski definition) is 1. The molecule has 0 fully saturated rings. The Hall–Kier alpha value is -2.16. The monoisotopic (exact) mass is 257 g/mol. The van der Waals surface area contributed by atoms with Crippen molar-refractivity contribution in [2.24, 2.45) is 0 Å². The second-order valence-electron chi connectivity index (χ2n) is 4.34. The lowest BCUT2D eigenvalue weighted by Crippen LogP contribution is -2.02. The summed E-state index contributed by atoms with van der Waals surface area (Å²) >= 11 is 0. The molecule has 2 aromatic carbocycles. The molecule has 0 saturated heterocycles. The zero-order valence-corrected chi connectivity index (χ0v) is 11.3. The molecule has 0 unspecified atom stereocenters. The lowest BCUT2D eigenvalue weighted by Gasteiger charge is -2.14. The third kappa shape index (κ3) is 3.19. The van der Waals surface area contributed by atoms with E-state index in [0.717, 1.165) is 17.5 Å². The Bertz CT molecular complexity index is 538. The largest absolute Gasteiger partial charge is 0.493 e. The van der Waals surface area contributed by atoms with Crippen LogP contribution < -0.4 is 15.2 Å². The molecule has 0 bridgehead atoms. The number of benzene rings is 2. The van der Waals surface area contributed by atoms with Crippen molar-refractivity contribution < 1.29 is 9.47 Å². The number of ether oxygens (including phenoxy) is 2. The van der Waals surface area contributed by atoms with Gasteiger partial charge in [0.05, 0.1) is 12.8 Å². The van der Waals surface area contributed by atoms with Crippen molar-refractivity contribution in [3.05, 3.63) is 53.6 Å². The second-order valence-corrected chi connectivity index (χ2v) is 4.34. The van der Waals surface area contributed by atoms with Crippen molar-refractivity contribution in [3.63, 3.8) is 0 Å². The molecule has 0 aliphatic heterocycles. The highest BCUT2D eigenvalue weighted by Gasteiger charge is 2.10. The molecule has 0 aliphatic rings. The fraction of sp³-hybridized carbons (Fsp3) is 0.250. The minimum Gasteiger partial charge on any atom is -0.493 e. The van der Waals surface area contributed by atoms with Crippen LogP contribution in [0.4, 0.5) is 5.69 Å². The van der Waals surface area contributed by atoms with E-state index in [1.165, 1.54) is 0 Å². The van der Waals surface area contributed by atoms with Crippen molar-refractivity contribution in [3.8, 4) is 11.5 Å². The van der Waals surface area contributed by atoms with Crippen LogP contribution in [0, 0.1) is 0 Å². The Kier molecular flexibility index (Phi) is 4.29. The smallest absolute Gasteiger partial charge is 0.184 e. The molecule has 100 valence electrons. The summed E-state index contributed by atoms with van der Waals surface area (Å²) in [5, 5.41) is 0. The van der Waals surface area contributed by atoms with Crippen LogP contribution in [0.2, 0.25) is 0 Å². The fourth-order valence-corrected chi connectivity index (χ4v) is 1.92. The summed E-state index contributed by atoms with van der Waals surface area (Å²) in [5.41, 5.74) is 8.89. The molecule has 3 heteroatoms. The molecule has 0 spiro atoms. The van der Waals surface area contributed by atoms with Crippen LogP contribution in [0.3, 0.4) is 0 Å². The number of aryl methyl sites for hydroxylation is 1. The van der Waals surface area contributed by atoms with E-state index in [-0.39, 0.29) is 0 Å². The summed E-state index contributed by atoms with van der Waals surface area (Å²) in [5.74, 6) is 1.30. The first-order valence-corrected chi connectivity index (χ1v) is 6.37. The maximum Gasteiger partial charge on any atom is 0.184 e. The van der Waals surface area contributed by atoms with Gasteiger partial charge in [0.1, 0.15) is 6.61 Å². The predicted molar refractivity (Wildman–Crippen MR) is 77.6 cm³/mol. The van der Waals surface area contributed by atoms with Gasteiger partial charge in [-0.15, -0.1) is 0 Å². The van der Waals surface area contributed by atoms with Gasteiger partial charge in [0, 0.05) is 0 Å². The third-order valence-corrected chi connectivity index (χ3v) is 3.00. The van der Waals surface area contributed by atoms with Crippen LogP contribution in [0.15, 0.2) is 42.5 Å². The van der Waals surface area contributed by atoms with Gasteiger partial charge in [0.25, 0.3) is 0 Å². The molecule has 0 saturated carbocycles. The number of methoxy groups -OCH3 is 1. The number of anilines is 1. The van der Waals surface area contributed by atoms with Gasteiger partial charge in [0.15, 0.2) is 11.5 Å². The van der Waals surface area contributed by atoms with Gasteiger partial charge in [-0.05, 0) is 29.7 Å². The van der Waals surface area contributed by atoms with Crippen molar-refractivity contribution >= 4 is 5.69 Å². The number of nitrogens with two attached hydrogens (primary N) is 1. The van der Waals surface area contributed by atoms with E-state index in [9.17, 15) is 0 Å². The lowest BCUT2D eigenvalue weighted by molar-refractivity contribution is 0.286. The van der Waals surface area contributed by atoms with Crippen molar-refractivity contribution in [2.45, 2.75) is 20.0 Å². The Morgan fingerprint density at radius 2 is 1.79 bits per heavy atom. The van der Waals surface area contributed by atoms with Gasteiger partial charge >= 0.3 is 0 Å².